The van der Waals surface area contributed by atoms with Gasteiger partial charge in [-0.05, 0) is 37.1 Å². The van der Waals surface area contributed by atoms with Crippen LogP contribution in [-0.4, -0.2) is 22.4 Å². The second-order valence-corrected chi connectivity index (χ2v) is 5.93. The summed E-state index contributed by atoms with van der Waals surface area (Å²) in [5.41, 5.74) is 3.55. The van der Waals surface area contributed by atoms with Crippen molar-refractivity contribution in [2.45, 2.75) is 20.3 Å². The van der Waals surface area contributed by atoms with Gasteiger partial charge in [0.05, 0.1) is 18.5 Å². The molecule has 0 aliphatic rings. The number of pyridine rings is 1. The second kappa shape index (κ2) is 6.53. The summed E-state index contributed by atoms with van der Waals surface area (Å²) >= 11 is 6.02. The van der Waals surface area contributed by atoms with E-state index in [0.29, 0.717) is 34.2 Å². The number of ether oxygens (including phenoxy) is 1. The second-order valence-electron chi connectivity index (χ2n) is 5.49. The van der Waals surface area contributed by atoms with E-state index in [4.69, 9.17) is 16.3 Å². The number of anilines is 1. The molecular weight excluding hydrogens is 326 g/mol. The summed E-state index contributed by atoms with van der Waals surface area (Å²) in [5.74, 6) is 0.384. The van der Waals surface area contributed by atoms with Crippen LogP contribution in [0.2, 0.25) is 5.02 Å². The average molecular weight is 344 g/mol. The Morgan fingerprint density at radius 3 is 2.83 bits per heavy atom. The van der Waals surface area contributed by atoms with Gasteiger partial charge in [0.25, 0.3) is 5.91 Å². The number of nitrogens with one attached hydrogen (secondary N) is 1. The highest BCUT2D eigenvalue weighted by Crippen LogP contribution is 2.26. The first-order valence-corrected chi connectivity index (χ1v) is 8.03. The molecule has 2 aromatic heterocycles. The Kier molecular flexibility index (Phi) is 4.44. The maximum Gasteiger partial charge on any atom is 0.274 e. The molecule has 0 aliphatic carbocycles. The van der Waals surface area contributed by atoms with E-state index >= 15 is 0 Å². The lowest BCUT2D eigenvalue weighted by molar-refractivity contribution is 0.102. The predicted octanol–water partition coefficient (Wildman–Crippen LogP) is 4.12. The summed E-state index contributed by atoms with van der Waals surface area (Å²) in [6, 6.07) is 9.12. The molecule has 0 fully saturated rings. The molecule has 0 atom stereocenters. The number of rotatable bonds is 4. The van der Waals surface area contributed by atoms with Gasteiger partial charge in [0.15, 0.2) is 0 Å². The maximum atomic E-state index is 12.9. The highest BCUT2D eigenvalue weighted by Gasteiger charge is 2.19. The van der Waals surface area contributed by atoms with Gasteiger partial charge in [-0.3, -0.25) is 9.20 Å². The number of nitrogens with zero attached hydrogens (tertiary/aromatic N) is 2. The number of fused-ring (bicyclic) bond motifs is 1. The van der Waals surface area contributed by atoms with Crippen molar-refractivity contribution in [2.24, 2.45) is 0 Å². The first-order valence-electron chi connectivity index (χ1n) is 7.66. The number of hydrogen-bond donors (Lipinski definition) is 1. The fourth-order valence-electron chi connectivity index (χ4n) is 2.66. The van der Waals surface area contributed by atoms with Crippen molar-refractivity contribution in [1.82, 2.24) is 9.38 Å². The van der Waals surface area contributed by atoms with E-state index < -0.39 is 0 Å². The van der Waals surface area contributed by atoms with Gasteiger partial charge in [-0.25, -0.2) is 4.98 Å². The Hall–Kier alpha value is -2.53. The molecule has 3 rings (SSSR count). The summed E-state index contributed by atoms with van der Waals surface area (Å²) in [5, 5.41) is 3.51. The number of methoxy groups -OCH3 is 1. The van der Waals surface area contributed by atoms with Crippen LogP contribution in [0.5, 0.6) is 5.75 Å². The molecule has 0 aliphatic heterocycles. The van der Waals surface area contributed by atoms with Crippen molar-refractivity contribution >= 4 is 28.8 Å². The van der Waals surface area contributed by atoms with Gasteiger partial charge in [0, 0.05) is 17.3 Å². The third-order valence-corrected chi connectivity index (χ3v) is 4.05. The van der Waals surface area contributed by atoms with Crippen LogP contribution >= 0.6 is 11.6 Å². The number of halogens is 1. The van der Waals surface area contributed by atoms with Crippen molar-refractivity contribution in [3.63, 3.8) is 0 Å². The Morgan fingerprint density at radius 2 is 2.12 bits per heavy atom. The molecule has 1 N–H and O–H groups in total. The lowest BCUT2D eigenvalue weighted by Gasteiger charge is -2.11. The molecule has 1 amide bonds. The first-order chi connectivity index (χ1) is 11.5. The molecular formula is C18H18ClN3O2. The summed E-state index contributed by atoms with van der Waals surface area (Å²) in [7, 11) is 1.58. The normalized spacial score (nSPS) is 10.8. The molecule has 0 unspecified atom stereocenters. The van der Waals surface area contributed by atoms with E-state index in [2.05, 4.69) is 10.3 Å². The Morgan fingerprint density at radius 1 is 1.33 bits per heavy atom. The van der Waals surface area contributed by atoms with Crippen LogP contribution in [0.3, 0.4) is 0 Å². The van der Waals surface area contributed by atoms with Crippen LogP contribution in [0.4, 0.5) is 5.69 Å². The zero-order valence-electron chi connectivity index (χ0n) is 13.8. The summed E-state index contributed by atoms with van der Waals surface area (Å²) < 4.78 is 7.08. The third kappa shape index (κ3) is 2.95. The minimum Gasteiger partial charge on any atom is -0.495 e. The summed E-state index contributed by atoms with van der Waals surface area (Å²) in [6.07, 6.45) is 2.40. The van der Waals surface area contributed by atoms with Crippen LogP contribution in [-0.2, 0) is 6.42 Å². The largest absolute Gasteiger partial charge is 0.495 e. The molecule has 6 heteroatoms. The Balaban J connectivity index is 2.04. The van der Waals surface area contributed by atoms with Gasteiger partial charge in [0.1, 0.15) is 17.1 Å². The van der Waals surface area contributed by atoms with Gasteiger partial charge >= 0.3 is 0 Å². The van der Waals surface area contributed by atoms with E-state index in [-0.39, 0.29) is 5.91 Å². The van der Waals surface area contributed by atoms with Crippen molar-refractivity contribution in [3.05, 3.63) is 58.5 Å². The topological polar surface area (TPSA) is 55.6 Å². The molecule has 24 heavy (non-hydrogen) atoms. The number of carbonyl (C=O) groups is 1. The van der Waals surface area contributed by atoms with Crippen molar-refractivity contribution in [3.8, 4) is 5.75 Å². The third-order valence-electron chi connectivity index (χ3n) is 3.81. The van der Waals surface area contributed by atoms with Gasteiger partial charge < -0.3 is 10.1 Å². The minimum atomic E-state index is -0.231. The SMILES string of the molecule is CCc1nc2cc(Cl)ccn2c1C(=O)Nc1cc(C)ccc1OC. The fraction of sp³-hybridized carbons (Fsp3) is 0.222. The summed E-state index contributed by atoms with van der Waals surface area (Å²) in [6.45, 7) is 3.93. The number of amides is 1. The number of hydrogen-bond acceptors (Lipinski definition) is 3. The zero-order chi connectivity index (χ0) is 17.3. The molecule has 3 aromatic rings. The maximum absolute atomic E-state index is 12.9. The van der Waals surface area contributed by atoms with E-state index in [1.165, 1.54) is 0 Å². The quantitative estimate of drug-likeness (QED) is 0.775. The molecule has 5 nitrogen and oxygen atoms in total. The van der Waals surface area contributed by atoms with Crippen molar-refractivity contribution in [2.75, 3.05) is 12.4 Å². The predicted molar refractivity (Wildman–Crippen MR) is 95.3 cm³/mol. The van der Waals surface area contributed by atoms with E-state index in [0.717, 1.165) is 11.3 Å². The fourth-order valence-corrected chi connectivity index (χ4v) is 2.81. The standard InChI is InChI=1S/C18H18ClN3O2/c1-4-13-17(22-8-7-12(19)10-16(22)20-13)18(23)21-14-9-11(2)5-6-15(14)24-3/h5-10H,4H2,1-3H3,(H,21,23). The van der Waals surface area contributed by atoms with Gasteiger partial charge in [-0.1, -0.05) is 24.6 Å². The minimum absolute atomic E-state index is 0.231. The molecule has 124 valence electrons. The zero-order valence-corrected chi connectivity index (χ0v) is 14.5. The first kappa shape index (κ1) is 16.3. The number of benzene rings is 1. The Bertz CT molecular complexity index is 918. The number of aromatic nitrogens is 2. The average Bonchev–Trinajstić information content (AvgIpc) is 2.92. The molecule has 2 heterocycles. The lowest BCUT2D eigenvalue weighted by atomic mass is 10.2. The lowest BCUT2D eigenvalue weighted by Crippen LogP contribution is -2.17. The smallest absolute Gasteiger partial charge is 0.274 e. The molecule has 0 bridgehead atoms. The summed E-state index contributed by atoms with van der Waals surface area (Å²) in [4.78, 5) is 17.4. The van der Waals surface area contributed by atoms with E-state index in [9.17, 15) is 4.79 Å². The van der Waals surface area contributed by atoms with E-state index in [1.54, 1.807) is 29.8 Å². The van der Waals surface area contributed by atoms with Crippen LogP contribution in [0.25, 0.3) is 5.65 Å². The molecule has 0 spiro atoms. The highest BCUT2D eigenvalue weighted by molar-refractivity contribution is 6.30. The van der Waals surface area contributed by atoms with Gasteiger partial charge in [-0.15, -0.1) is 0 Å². The molecule has 0 saturated carbocycles. The number of carbonyl (C=O) groups excluding carboxylic acids is 1. The van der Waals surface area contributed by atoms with Crippen molar-refractivity contribution < 1.29 is 9.53 Å². The molecule has 0 radical (unpaired) electrons. The molecule has 0 saturated heterocycles. The van der Waals surface area contributed by atoms with Gasteiger partial charge in [0.2, 0.25) is 0 Å². The number of imidazole rings is 1. The van der Waals surface area contributed by atoms with Crippen LogP contribution < -0.4 is 10.1 Å². The van der Waals surface area contributed by atoms with Crippen LogP contribution in [0.15, 0.2) is 36.5 Å². The number of aryl methyl sites for hydroxylation is 2. The van der Waals surface area contributed by atoms with Gasteiger partial charge in [-0.2, -0.15) is 0 Å². The highest BCUT2D eigenvalue weighted by atomic mass is 35.5. The Labute approximate surface area is 145 Å². The van der Waals surface area contributed by atoms with Crippen molar-refractivity contribution in [1.29, 1.82) is 0 Å². The van der Waals surface area contributed by atoms with E-state index in [1.807, 2.05) is 32.0 Å². The molecule has 1 aromatic carbocycles. The van der Waals surface area contributed by atoms with Crippen LogP contribution in [0, 0.1) is 6.92 Å². The van der Waals surface area contributed by atoms with Crippen LogP contribution in [0.1, 0.15) is 28.7 Å². The monoisotopic (exact) mass is 343 g/mol.